The summed E-state index contributed by atoms with van der Waals surface area (Å²) in [6.07, 6.45) is 9.56. The molecule has 0 aromatic carbocycles. The smallest absolute Gasteiger partial charge is 0.246 e. The lowest BCUT2D eigenvalue weighted by molar-refractivity contribution is -0.128. The number of rotatable bonds is 6. The molecule has 1 amide bonds. The van der Waals surface area contributed by atoms with Gasteiger partial charge in [0.05, 0.1) is 24.4 Å². The van der Waals surface area contributed by atoms with E-state index in [-0.39, 0.29) is 30.1 Å². The molecule has 7 nitrogen and oxygen atoms in total. The van der Waals surface area contributed by atoms with Crippen molar-refractivity contribution in [1.82, 2.24) is 15.3 Å². The topological polar surface area (TPSA) is 76.6 Å². The standard InChI is InChI=1S/C22H34N4O3/c1-22(2)11-18(24-20(27)15-28-14-16-7-3-6-10-29-16)17-13-23-21(25-19(17)12-22)26-8-4-5-9-26/h13,16,18H,3-12,14-15H2,1-2H3,(H,24,27). The maximum Gasteiger partial charge on any atom is 0.246 e. The fourth-order valence-electron chi connectivity index (χ4n) is 4.69. The molecule has 1 N–H and O–H groups in total. The van der Waals surface area contributed by atoms with Gasteiger partial charge in [-0.15, -0.1) is 0 Å². The van der Waals surface area contributed by atoms with E-state index in [1.54, 1.807) is 0 Å². The van der Waals surface area contributed by atoms with Gasteiger partial charge in [0.15, 0.2) is 0 Å². The van der Waals surface area contributed by atoms with Gasteiger partial charge in [-0.3, -0.25) is 4.79 Å². The monoisotopic (exact) mass is 402 g/mol. The molecule has 1 aromatic heterocycles. The molecule has 2 atom stereocenters. The molecular formula is C22H34N4O3. The molecule has 3 aliphatic rings. The Morgan fingerprint density at radius 1 is 1.31 bits per heavy atom. The molecule has 2 saturated heterocycles. The zero-order valence-corrected chi connectivity index (χ0v) is 17.8. The van der Waals surface area contributed by atoms with Crippen LogP contribution in [0.3, 0.4) is 0 Å². The number of fused-ring (bicyclic) bond motifs is 1. The van der Waals surface area contributed by atoms with Crippen molar-refractivity contribution in [3.63, 3.8) is 0 Å². The van der Waals surface area contributed by atoms with Crippen molar-refractivity contribution >= 4 is 11.9 Å². The van der Waals surface area contributed by atoms with Gasteiger partial charge in [0, 0.05) is 31.5 Å². The number of hydrogen-bond donors (Lipinski definition) is 1. The van der Waals surface area contributed by atoms with E-state index in [9.17, 15) is 4.79 Å². The molecule has 160 valence electrons. The van der Waals surface area contributed by atoms with Crippen molar-refractivity contribution in [2.45, 2.75) is 70.9 Å². The van der Waals surface area contributed by atoms with Gasteiger partial charge in [0.25, 0.3) is 0 Å². The van der Waals surface area contributed by atoms with E-state index in [0.29, 0.717) is 6.61 Å². The minimum Gasteiger partial charge on any atom is -0.376 e. The molecule has 7 heteroatoms. The van der Waals surface area contributed by atoms with Gasteiger partial charge in [-0.2, -0.15) is 0 Å². The number of carbonyl (C=O) groups excluding carboxylic acids is 1. The van der Waals surface area contributed by atoms with Crippen LogP contribution >= 0.6 is 0 Å². The van der Waals surface area contributed by atoms with Crippen molar-refractivity contribution in [1.29, 1.82) is 0 Å². The summed E-state index contributed by atoms with van der Waals surface area (Å²) in [5.41, 5.74) is 2.20. The first-order chi connectivity index (χ1) is 14.0. The Morgan fingerprint density at radius 2 is 2.14 bits per heavy atom. The lowest BCUT2D eigenvalue weighted by Gasteiger charge is -2.36. The van der Waals surface area contributed by atoms with Crippen LogP contribution in [0.5, 0.6) is 0 Å². The second-order valence-electron chi connectivity index (χ2n) is 9.44. The molecule has 0 saturated carbocycles. The fraction of sp³-hybridized carbons (Fsp3) is 0.773. The second kappa shape index (κ2) is 8.96. The molecule has 2 fully saturated rings. The molecule has 4 rings (SSSR count). The van der Waals surface area contributed by atoms with Crippen LogP contribution in [0.2, 0.25) is 0 Å². The predicted molar refractivity (Wildman–Crippen MR) is 111 cm³/mol. The first-order valence-electron chi connectivity index (χ1n) is 11.1. The summed E-state index contributed by atoms with van der Waals surface area (Å²) in [6, 6.07) is -0.0663. The van der Waals surface area contributed by atoms with Gasteiger partial charge in [0.2, 0.25) is 11.9 Å². The van der Waals surface area contributed by atoms with Gasteiger partial charge >= 0.3 is 0 Å². The first kappa shape index (κ1) is 20.5. The third-order valence-corrected chi connectivity index (χ3v) is 6.20. The van der Waals surface area contributed by atoms with E-state index in [2.05, 4.69) is 29.0 Å². The number of nitrogens with zero attached hydrogens (tertiary/aromatic N) is 3. The highest BCUT2D eigenvalue weighted by Gasteiger charge is 2.35. The van der Waals surface area contributed by atoms with Gasteiger partial charge in [-0.1, -0.05) is 13.8 Å². The molecule has 2 aliphatic heterocycles. The van der Waals surface area contributed by atoms with Crippen molar-refractivity contribution < 1.29 is 14.3 Å². The van der Waals surface area contributed by atoms with Crippen LogP contribution in [0.15, 0.2) is 6.20 Å². The maximum atomic E-state index is 12.5. The number of nitrogens with one attached hydrogen (secondary N) is 1. The van der Waals surface area contributed by atoms with Crippen LogP contribution in [0.1, 0.15) is 69.7 Å². The molecule has 1 aliphatic carbocycles. The quantitative estimate of drug-likeness (QED) is 0.789. The van der Waals surface area contributed by atoms with E-state index in [1.807, 2.05) is 6.20 Å². The summed E-state index contributed by atoms with van der Waals surface area (Å²) < 4.78 is 11.3. The van der Waals surface area contributed by atoms with Crippen LogP contribution in [0.25, 0.3) is 0 Å². The first-order valence-corrected chi connectivity index (χ1v) is 11.1. The summed E-state index contributed by atoms with van der Waals surface area (Å²) in [6.45, 7) is 7.90. The molecule has 29 heavy (non-hydrogen) atoms. The lowest BCUT2D eigenvalue weighted by atomic mass is 9.74. The molecule has 3 heterocycles. The zero-order chi connectivity index (χ0) is 20.3. The average Bonchev–Trinajstić information content (AvgIpc) is 3.22. The highest BCUT2D eigenvalue weighted by molar-refractivity contribution is 5.77. The summed E-state index contributed by atoms with van der Waals surface area (Å²) in [7, 11) is 0. The number of ether oxygens (including phenoxy) is 2. The van der Waals surface area contributed by atoms with Crippen LogP contribution in [0, 0.1) is 5.41 Å². The molecule has 1 aromatic rings. The highest BCUT2D eigenvalue weighted by atomic mass is 16.5. The molecular weight excluding hydrogens is 368 g/mol. The Kier molecular flexibility index (Phi) is 6.35. The maximum absolute atomic E-state index is 12.5. The van der Waals surface area contributed by atoms with Crippen LogP contribution < -0.4 is 10.2 Å². The third kappa shape index (κ3) is 5.25. The minimum absolute atomic E-state index is 0.0663. The van der Waals surface area contributed by atoms with E-state index < -0.39 is 0 Å². The Bertz CT molecular complexity index is 712. The molecule has 0 radical (unpaired) electrons. The van der Waals surface area contributed by atoms with Gasteiger partial charge in [-0.25, -0.2) is 9.97 Å². The van der Waals surface area contributed by atoms with Crippen LogP contribution in [-0.2, 0) is 20.7 Å². The van der Waals surface area contributed by atoms with Crippen molar-refractivity contribution in [3.8, 4) is 0 Å². The Labute approximate surface area is 173 Å². The van der Waals surface area contributed by atoms with Gasteiger partial charge < -0.3 is 19.7 Å². The zero-order valence-electron chi connectivity index (χ0n) is 17.8. The molecule has 0 spiro atoms. The fourth-order valence-corrected chi connectivity index (χ4v) is 4.69. The second-order valence-corrected chi connectivity index (χ2v) is 9.44. The normalized spacial score (nSPS) is 26.2. The predicted octanol–water partition coefficient (Wildman–Crippen LogP) is 2.79. The SMILES string of the molecule is CC1(C)Cc2nc(N3CCCC3)ncc2C(NC(=O)COCC2CCCCO2)C1. The van der Waals surface area contributed by atoms with E-state index in [0.717, 1.165) is 62.6 Å². The Hall–Kier alpha value is -1.73. The average molecular weight is 403 g/mol. The summed E-state index contributed by atoms with van der Waals surface area (Å²) in [4.78, 5) is 24.3. The van der Waals surface area contributed by atoms with Gasteiger partial charge in [0.1, 0.15) is 6.61 Å². The number of aromatic nitrogens is 2. The van der Waals surface area contributed by atoms with Gasteiger partial charge in [-0.05, 0) is 50.4 Å². The summed E-state index contributed by atoms with van der Waals surface area (Å²) in [5.74, 6) is 0.748. The number of carbonyl (C=O) groups is 1. The van der Waals surface area contributed by atoms with Crippen LogP contribution in [-0.4, -0.2) is 54.9 Å². The van der Waals surface area contributed by atoms with E-state index >= 15 is 0 Å². The number of amides is 1. The summed E-state index contributed by atoms with van der Waals surface area (Å²) >= 11 is 0. The Morgan fingerprint density at radius 3 is 2.90 bits per heavy atom. The van der Waals surface area contributed by atoms with E-state index in [1.165, 1.54) is 19.3 Å². The number of hydrogen-bond acceptors (Lipinski definition) is 6. The third-order valence-electron chi connectivity index (χ3n) is 6.20. The van der Waals surface area contributed by atoms with Crippen LogP contribution in [0.4, 0.5) is 5.95 Å². The van der Waals surface area contributed by atoms with Crippen molar-refractivity contribution in [3.05, 3.63) is 17.5 Å². The number of anilines is 1. The van der Waals surface area contributed by atoms with Crippen molar-refractivity contribution in [2.24, 2.45) is 5.41 Å². The molecule has 0 bridgehead atoms. The Balaban J connectivity index is 1.37. The minimum atomic E-state index is -0.0851. The molecule has 2 unspecified atom stereocenters. The van der Waals surface area contributed by atoms with Crippen molar-refractivity contribution in [2.75, 3.05) is 37.8 Å². The highest BCUT2D eigenvalue weighted by Crippen LogP contribution is 2.40. The summed E-state index contributed by atoms with van der Waals surface area (Å²) in [5, 5.41) is 3.16. The largest absolute Gasteiger partial charge is 0.376 e. The lowest BCUT2D eigenvalue weighted by Crippen LogP contribution is -2.39. The van der Waals surface area contributed by atoms with E-state index in [4.69, 9.17) is 14.5 Å².